The molecule has 3 heteroatoms. The molecule has 1 aromatic carbocycles. The standard InChI is InChI=1S/C12H13N3/c1-2-4-11(5-3-1)12-9-15(14-13-12)8-10-6-7-10/h1-5,9-10H,6-8H2. The Labute approximate surface area is 88.7 Å². The van der Waals surface area contributed by atoms with Crippen LogP contribution in [0.5, 0.6) is 0 Å². The summed E-state index contributed by atoms with van der Waals surface area (Å²) in [6, 6.07) is 10.2. The molecule has 0 aliphatic heterocycles. The van der Waals surface area contributed by atoms with Crippen LogP contribution in [0, 0.1) is 5.92 Å². The van der Waals surface area contributed by atoms with E-state index in [0.717, 1.165) is 23.7 Å². The van der Waals surface area contributed by atoms with Gasteiger partial charge in [-0.1, -0.05) is 35.5 Å². The minimum atomic E-state index is 0.843. The summed E-state index contributed by atoms with van der Waals surface area (Å²) >= 11 is 0. The minimum absolute atomic E-state index is 0.843. The molecule has 0 unspecified atom stereocenters. The first-order chi connectivity index (χ1) is 7.42. The van der Waals surface area contributed by atoms with E-state index in [4.69, 9.17) is 0 Å². The molecule has 0 saturated heterocycles. The van der Waals surface area contributed by atoms with E-state index in [1.54, 1.807) is 0 Å². The number of hydrogen-bond donors (Lipinski definition) is 0. The first-order valence-corrected chi connectivity index (χ1v) is 5.37. The van der Waals surface area contributed by atoms with Crippen LogP contribution in [-0.4, -0.2) is 15.0 Å². The van der Waals surface area contributed by atoms with E-state index < -0.39 is 0 Å². The molecule has 1 heterocycles. The summed E-state index contributed by atoms with van der Waals surface area (Å²) in [7, 11) is 0. The molecule has 1 aliphatic rings. The van der Waals surface area contributed by atoms with E-state index in [1.165, 1.54) is 12.8 Å². The van der Waals surface area contributed by atoms with Gasteiger partial charge in [-0.25, -0.2) is 0 Å². The Morgan fingerprint density at radius 3 is 2.73 bits per heavy atom. The maximum Gasteiger partial charge on any atom is 0.113 e. The van der Waals surface area contributed by atoms with Gasteiger partial charge in [0.15, 0.2) is 0 Å². The fourth-order valence-electron chi connectivity index (χ4n) is 1.69. The zero-order valence-corrected chi connectivity index (χ0v) is 8.50. The Morgan fingerprint density at radius 2 is 2.00 bits per heavy atom. The summed E-state index contributed by atoms with van der Waals surface area (Å²) in [6.07, 6.45) is 4.73. The van der Waals surface area contributed by atoms with Gasteiger partial charge in [0.05, 0.1) is 6.20 Å². The Morgan fingerprint density at radius 1 is 1.20 bits per heavy atom. The Hall–Kier alpha value is -1.64. The van der Waals surface area contributed by atoms with Crippen LogP contribution in [0.15, 0.2) is 36.5 Å². The molecule has 0 amide bonds. The van der Waals surface area contributed by atoms with Gasteiger partial charge in [0.25, 0.3) is 0 Å². The third-order valence-electron chi connectivity index (χ3n) is 2.75. The van der Waals surface area contributed by atoms with E-state index in [-0.39, 0.29) is 0 Å². The Bertz CT molecular complexity index is 443. The number of aromatic nitrogens is 3. The highest BCUT2D eigenvalue weighted by molar-refractivity contribution is 5.57. The second kappa shape index (κ2) is 3.50. The van der Waals surface area contributed by atoms with Crippen LogP contribution in [0.1, 0.15) is 12.8 Å². The minimum Gasteiger partial charge on any atom is -0.252 e. The first kappa shape index (κ1) is 8.65. The largest absolute Gasteiger partial charge is 0.252 e. The van der Waals surface area contributed by atoms with E-state index in [0.29, 0.717) is 0 Å². The van der Waals surface area contributed by atoms with Gasteiger partial charge in [0.1, 0.15) is 5.69 Å². The molecule has 3 nitrogen and oxygen atoms in total. The predicted octanol–water partition coefficient (Wildman–Crippen LogP) is 2.36. The third-order valence-corrected chi connectivity index (χ3v) is 2.75. The van der Waals surface area contributed by atoms with Gasteiger partial charge in [-0.3, -0.25) is 4.68 Å². The number of nitrogens with zero attached hydrogens (tertiary/aromatic N) is 3. The van der Waals surface area contributed by atoms with Crippen molar-refractivity contribution in [3.05, 3.63) is 36.5 Å². The molecule has 76 valence electrons. The molecule has 1 fully saturated rings. The van der Waals surface area contributed by atoms with Crippen molar-refractivity contribution in [1.82, 2.24) is 15.0 Å². The van der Waals surface area contributed by atoms with Gasteiger partial charge in [0.2, 0.25) is 0 Å². The molecule has 3 rings (SSSR count). The summed E-state index contributed by atoms with van der Waals surface area (Å²) in [4.78, 5) is 0. The molecule has 1 aromatic heterocycles. The van der Waals surface area contributed by atoms with Crippen molar-refractivity contribution in [2.24, 2.45) is 5.92 Å². The summed E-state index contributed by atoms with van der Waals surface area (Å²) in [5.74, 6) is 0.843. The van der Waals surface area contributed by atoms with E-state index in [1.807, 2.05) is 29.1 Å². The maximum absolute atomic E-state index is 4.18. The topological polar surface area (TPSA) is 30.7 Å². The van der Waals surface area contributed by atoms with Crippen molar-refractivity contribution in [3.63, 3.8) is 0 Å². The number of benzene rings is 1. The Balaban J connectivity index is 1.83. The lowest BCUT2D eigenvalue weighted by molar-refractivity contribution is 0.544. The van der Waals surface area contributed by atoms with Crippen molar-refractivity contribution in [2.45, 2.75) is 19.4 Å². The van der Waals surface area contributed by atoms with Crippen molar-refractivity contribution >= 4 is 0 Å². The van der Waals surface area contributed by atoms with Crippen LogP contribution in [0.3, 0.4) is 0 Å². The molecule has 0 N–H and O–H groups in total. The summed E-state index contributed by atoms with van der Waals surface area (Å²) in [5.41, 5.74) is 2.11. The summed E-state index contributed by atoms with van der Waals surface area (Å²) in [5, 5.41) is 8.32. The zero-order valence-electron chi connectivity index (χ0n) is 8.50. The molecule has 0 radical (unpaired) electrons. The SMILES string of the molecule is c1ccc(-c2cn(CC3CC3)nn2)cc1. The third kappa shape index (κ3) is 1.91. The van der Waals surface area contributed by atoms with Gasteiger partial charge in [-0.05, 0) is 18.8 Å². The fourth-order valence-corrected chi connectivity index (χ4v) is 1.69. The highest BCUT2D eigenvalue weighted by atomic mass is 15.4. The smallest absolute Gasteiger partial charge is 0.113 e. The van der Waals surface area contributed by atoms with Crippen molar-refractivity contribution in [2.75, 3.05) is 0 Å². The van der Waals surface area contributed by atoms with Gasteiger partial charge in [0, 0.05) is 12.1 Å². The fraction of sp³-hybridized carbons (Fsp3) is 0.333. The highest BCUT2D eigenvalue weighted by Crippen LogP contribution is 2.30. The lowest BCUT2D eigenvalue weighted by atomic mass is 10.2. The molecule has 0 bridgehead atoms. The van der Waals surface area contributed by atoms with Crippen LogP contribution in [0.2, 0.25) is 0 Å². The first-order valence-electron chi connectivity index (χ1n) is 5.37. The average Bonchev–Trinajstić information content (AvgIpc) is 2.96. The van der Waals surface area contributed by atoms with Crippen LogP contribution in [0.25, 0.3) is 11.3 Å². The van der Waals surface area contributed by atoms with Crippen molar-refractivity contribution in [3.8, 4) is 11.3 Å². The van der Waals surface area contributed by atoms with Gasteiger partial charge >= 0.3 is 0 Å². The quantitative estimate of drug-likeness (QED) is 0.759. The van der Waals surface area contributed by atoms with Crippen LogP contribution in [-0.2, 0) is 6.54 Å². The maximum atomic E-state index is 4.18. The van der Waals surface area contributed by atoms with E-state index in [2.05, 4.69) is 22.4 Å². The second-order valence-corrected chi connectivity index (χ2v) is 4.14. The molecular formula is C12H13N3. The van der Waals surface area contributed by atoms with Gasteiger partial charge < -0.3 is 0 Å². The molecule has 2 aromatic rings. The number of rotatable bonds is 3. The van der Waals surface area contributed by atoms with Gasteiger partial charge in [-0.15, -0.1) is 5.10 Å². The van der Waals surface area contributed by atoms with E-state index in [9.17, 15) is 0 Å². The molecular weight excluding hydrogens is 186 g/mol. The predicted molar refractivity (Wildman–Crippen MR) is 58.2 cm³/mol. The normalized spacial score (nSPS) is 15.5. The van der Waals surface area contributed by atoms with Crippen LogP contribution < -0.4 is 0 Å². The molecule has 1 saturated carbocycles. The van der Waals surface area contributed by atoms with Gasteiger partial charge in [-0.2, -0.15) is 0 Å². The summed E-state index contributed by atoms with van der Waals surface area (Å²) in [6.45, 7) is 1.03. The second-order valence-electron chi connectivity index (χ2n) is 4.14. The van der Waals surface area contributed by atoms with Crippen LogP contribution >= 0.6 is 0 Å². The zero-order chi connectivity index (χ0) is 10.1. The molecule has 0 spiro atoms. The average molecular weight is 199 g/mol. The highest BCUT2D eigenvalue weighted by Gasteiger charge is 2.22. The van der Waals surface area contributed by atoms with Crippen LogP contribution in [0.4, 0.5) is 0 Å². The number of hydrogen-bond acceptors (Lipinski definition) is 2. The van der Waals surface area contributed by atoms with Crippen molar-refractivity contribution in [1.29, 1.82) is 0 Å². The molecule has 15 heavy (non-hydrogen) atoms. The summed E-state index contributed by atoms with van der Waals surface area (Å²) < 4.78 is 1.96. The lowest BCUT2D eigenvalue weighted by Crippen LogP contribution is -1.99. The van der Waals surface area contributed by atoms with Crippen molar-refractivity contribution < 1.29 is 0 Å². The Kier molecular flexibility index (Phi) is 2.02. The molecule has 0 atom stereocenters. The molecule has 1 aliphatic carbocycles. The van der Waals surface area contributed by atoms with E-state index >= 15 is 0 Å². The monoisotopic (exact) mass is 199 g/mol. The lowest BCUT2D eigenvalue weighted by Gasteiger charge is -1.95.